The molecule has 0 spiro atoms. The third-order valence-electron chi connectivity index (χ3n) is 4.45. The van der Waals surface area contributed by atoms with Gasteiger partial charge in [0.05, 0.1) is 11.4 Å². The molecule has 8 heteroatoms. The van der Waals surface area contributed by atoms with Crippen molar-refractivity contribution in [3.05, 3.63) is 53.5 Å². The Balaban J connectivity index is 1.87. The molecule has 28 heavy (non-hydrogen) atoms. The lowest BCUT2D eigenvalue weighted by molar-refractivity contribution is -0.130. The first kappa shape index (κ1) is 21.8. The van der Waals surface area contributed by atoms with Crippen LogP contribution in [0.15, 0.2) is 45.7 Å². The van der Waals surface area contributed by atoms with Crippen molar-refractivity contribution in [2.45, 2.75) is 38.1 Å². The molecule has 2 aromatic rings. The molecule has 0 bridgehead atoms. The van der Waals surface area contributed by atoms with Gasteiger partial charge in [-0.05, 0) is 44.5 Å². The van der Waals surface area contributed by atoms with Crippen molar-refractivity contribution in [1.82, 2.24) is 9.21 Å². The molecule has 1 aromatic carbocycles. The highest BCUT2D eigenvalue weighted by atomic mass is 32.2. The third kappa shape index (κ3) is 5.53. The van der Waals surface area contributed by atoms with E-state index in [-0.39, 0.29) is 29.6 Å². The summed E-state index contributed by atoms with van der Waals surface area (Å²) in [6.07, 6.45) is 0.640. The number of sulfonamides is 1. The summed E-state index contributed by atoms with van der Waals surface area (Å²) >= 11 is 0. The van der Waals surface area contributed by atoms with Crippen LogP contribution in [0.5, 0.6) is 0 Å². The van der Waals surface area contributed by atoms with Crippen LogP contribution in [-0.4, -0.2) is 50.0 Å². The Morgan fingerprint density at radius 3 is 2.21 bits per heavy atom. The van der Waals surface area contributed by atoms with Crippen LogP contribution in [0.2, 0.25) is 0 Å². The van der Waals surface area contributed by atoms with E-state index >= 15 is 0 Å². The monoisotopic (exact) mass is 406 g/mol. The Kier molecular flexibility index (Phi) is 7.15. The number of ketones is 1. The normalized spacial score (nSPS) is 11.6. The maximum Gasteiger partial charge on any atom is 0.242 e. The largest absolute Gasteiger partial charge is 0.464 e. The summed E-state index contributed by atoms with van der Waals surface area (Å²) in [5.74, 6) is 1.30. The average Bonchev–Trinajstić information content (AvgIpc) is 3.06. The minimum Gasteiger partial charge on any atom is -0.464 e. The summed E-state index contributed by atoms with van der Waals surface area (Å²) in [7, 11) is -0.491. The SMILES string of the molecule is CC(=O)c1ccc(S(=O)(=O)N(C)CCCC(=O)N(C)Cc2ccc(C)o2)cc1. The van der Waals surface area contributed by atoms with Gasteiger partial charge in [-0.25, -0.2) is 12.7 Å². The Morgan fingerprint density at radius 1 is 1.04 bits per heavy atom. The minimum absolute atomic E-state index is 0.0781. The molecule has 1 aromatic heterocycles. The van der Waals surface area contributed by atoms with Crippen LogP contribution in [-0.2, 0) is 21.4 Å². The number of carbonyl (C=O) groups excluding carboxylic acids is 2. The molecule has 7 nitrogen and oxygen atoms in total. The first-order valence-electron chi connectivity index (χ1n) is 8.98. The zero-order valence-electron chi connectivity index (χ0n) is 16.6. The molecular weight excluding hydrogens is 380 g/mol. The summed E-state index contributed by atoms with van der Waals surface area (Å²) in [5.41, 5.74) is 0.460. The summed E-state index contributed by atoms with van der Waals surface area (Å²) < 4.78 is 31.9. The third-order valence-corrected chi connectivity index (χ3v) is 6.32. The molecule has 0 atom stereocenters. The van der Waals surface area contributed by atoms with Crippen LogP contribution >= 0.6 is 0 Å². The fourth-order valence-electron chi connectivity index (χ4n) is 2.70. The Labute approximate surface area is 166 Å². The van der Waals surface area contributed by atoms with Gasteiger partial charge in [-0.3, -0.25) is 9.59 Å². The van der Waals surface area contributed by atoms with Gasteiger partial charge < -0.3 is 9.32 Å². The smallest absolute Gasteiger partial charge is 0.242 e. The number of carbonyl (C=O) groups is 2. The van der Waals surface area contributed by atoms with Gasteiger partial charge in [0, 0.05) is 32.6 Å². The van der Waals surface area contributed by atoms with E-state index in [0.717, 1.165) is 5.76 Å². The van der Waals surface area contributed by atoms with E-state index in [1.165, 1.54) is 42.5 Å². The second kappa shape index (κ2) is 9.16. The predicted molar refractivity (Wildman–Crippen MR) is 105 cm³/mol. The molecule has 0 fully saturated rings. The molecule has 2 rings (SSSR count). The number of furan rings is 1. The van der Waals surface area contributed by atoms with Crippen molar-refractivity contribution in [2.24, 2.45) is 0 Å². The lowest BCUT2D eigenvalue weighted by atomic mass is 10.2. The first-order chi connectivity index (χ1) is 13.1. The van der Waals surface area contributed by atoms with Crippen LogP contribution in [0.1, 0.15) is 41.6 Å². The zero-order chi connectivity index (χ0) is 20.9. The predicted octanol–water partition coefficient (Wildman–Crippen LogP) is 2.85. The molecule has 0 saturated heterocycles. The highest BCUT2D eigenvalue weighted by Gasteiger charge is 2.21. The molecule has 152 valence electrons. The second-order valence-electron chi connectivity index (χ2n) is 6.77. The second-order valence-corrected chi connectivity index (χ2v) is 8.82. The summed E-state index contributed by atoms with van der Waals surface area (Å²) in [5, 5.41) is 0. The quantitative estimate of drug-likeness (QED) is 0.598. The summed E-state index contributed by atoms with van der Waals surface area (Å²) in [6.45, 7) is 3.87. The van der Waals surface area contributed by atoms with E-state index in [1.807, 2.05) is 19.1 Å². The van der Waals surface area contributed by atoms with Gasteiger partial charge in [-0.1, -0.05) is 12.1 Å². The molecule has 1 amide bonds. The zero-order valence-corrected chi connectivity index (χ0v) is 17.5. The highest BCUT2D eigenvalue weighted by Crippen LogP contribution is 2.16. The maximum atomic E-state index is 12.6. The van der Waals surface area contributed by atoms with Gasteiger partial charge in [0.1, 0.15) is 11.5 Å². The number of nitrogens with zero attached hydrogens (tertiary/aromatic N) is 2. The highest BCUT2D eigenvalue weighted by molar-refractivity contribution is 7.89. The summed E-state index contributed by atoms with van der Waals surface area (Å²) in [4.78, 5) is 25.2. The summed E-state index contributed by atoms with van der Waals surface area (Å²) in [6, 6.07) is 9.52. The van der Waals surface area contributed by atoms with Crippen molar-refractivity contribution < 1.29 is 22.4 Å². The van der Waals surface area contributed by atoms with Crippen molar-refractivity contribution in [3.8, 4) is 0 Å². The Bertz CT molecular complexity index is 932. The molecule has 0 aliphatic carbocycles. The fourth-order valence-corrected chi connectivity index (χ4v) is 3.91. The number of amides is 1. The van der Waals surface area contributed by atoms with E-state index in [0.29, 0.717) is 24.3 Å². The van der Waals surface area contributed by atoms with E-state index < -0.39 is 10.0 Å². The van der Waals surface area contributed by atoms with Crippen LogP contribution in [0.25, 0.3) is 0 Å². The van der Waals surface area contributed by atoms with Gasteiger partial charge in [-0.15, -0.1) is 0 Å². The molecule has 0 aliphatic rings. The Morgan fingerprint density at radius 2 is 1.68 bits per heavy atom. The number of hydrogen-bond acceptors (Lipinski definition) is 5. The van der Waals surface area contributed by atoms with Crippen molar-refractivity contribution in [1.29, 1.82) is 0 Å². The van der Waals surface area contributed by atoms with Crippen molar-refractivity contribution in [3.63, 3.8) is 0 Å². The topological polar surface area (TPSA) is 87.9 Å². The van der Waals surface area contributed by atoms with Crippen LogP contribution in [0.3, 0.4) is 0 Å². The molecule has 0 radical (unpaired) electrons. The lowest BCUT2D eigenvalue weighted by Crippen LogP contribution is -2.30. The first-order valence-corrected chi connectivity index (χ1v) is 10.4. The van der Waals surface area contributed by atoms with E-state index in [9.17, 15) is 18.0 Å². The standard InChI is InChI=1S/C20H26N2O5S/c1-15-7-10-18(27-15)14-21(3)20(24)6-5-13-22(4)28(25,26)19-11-8-17(9-12-19)16(2)23/h7-12H,5-6,13-14H2,1-4H3. The number of aryl methyl sites for hydroxylation is 1. The van der Waals surface area contributed by atoms with Crippen molar-refractivity contribution in [2.75, 3.05) is 20.6 Å². The molecule has 0 unspecified atom stereocenters. The van der Waals surface area contributed by atoms with Gasteiger partial charge in [-0.2, -0.15) is 0 Å². The molecule has 0 aliphatic heterocycles. The molecule has 1 heterocycles. The maximum absolute atomic E-state index is 12.6. The van der Waals surface area contributed by atoms with Gasteiger partial charge in [0.15, 0.2) is 5.78 Å². The number of hydrogen-bond donors (Lipinski definition) is 0. The van der Waals surface area contributed by atoms with E-state index in [4.69, 9.17) is 4.42 Å². The number of Topliss-reactive ketones (excluding diaryl/α,β-unsaturated/α-hetero) is 1. The van der Waals surface area contributed by atoms with Crippen LogP contribution in [0.4, 0.5) is 0 Å². The van der Waals surface area contributed by atoms with Crippen molar-refractivity contribution >= 4 is 21.7 Å². The fraction of sp³-hybridized carbons (Fsp3) is 0.400. The average molecular weight is 407 g/mol. The minimum atomic E-state index is -3.66. The van der Waals surface area contributed by atoms with Gasteiger partial charge in [0.2, 0.25) is 15.9 Å². The number of rotatable bonds is 9. The Hall–Kier alpha value is -2.45. The van der Waals surface area contributed by atoms with Crippen LogP contribution < -0.4 is 0 Å². The van der Waals surface area contributed by atoms with Crippen LogP contribution in [0, 0.1) is 6.92 Å². The molecule has 0 N–H and O–H groups in total. The lowest BCUT2D eigenvalue weighted by Gasteiger charge is -2.19. The molecular formula is C20H26N2O5S. The van der Waals surface area contributed by atoms with E-state index in [2.05, 4.69) is 0 Å². The molecule has 0 saturated carbocycles. The van der Waals surface area contributed by atoms with E-state index in [1.54, 1.807) is 11.9 Å². The number of benzene rings is 1. The van der Waals surface area contributed by atoms with Gasteiger partial charge >= 0.3 is 0 Å². The van der Waals surface area contributed by atoms with Gasteiger partial charge in [0.25, 0.3) is 0 Å².